The summed E-state index contributed by atoms with van der Waals surface area (Å²) in [5, 5.41) is 2.38. The van der Waals surface area contributed by atoms with Crippen LogP contribution in [-0.2, 0) is 9.59 Å². The summed E-state index contributed by atoms with van der Waals surface area (Å²) in [4.78, 5) is 22.4. The van der Waals surface area contributed by atoms with Gasteiger partial charge in [-0.25, -0.2) is 0 Å². The molecule has 1 saturated carbocycles. The molecule has 1 saturated heterocycles. The van der Waals surface area contributed by atoms with Crippen LogP contribution in [0.15, 0.2) is 0 Å². The van der Waals surface area contributed by atoms with Crippen molar-refractivity contribution in [2.24, 2.45) is 23.7 Å². The van der Waals surface area contributed by atoms with Crippen LogP contribution in [0, 0.1) is 23.7 Å². The lowest BCUT2D eigenvalue weighted by molar-refractivity contribution is -0.127. The van der Waals surface area contributed by atoms with Crippen LogP contribution >= 0.6 is 0 Å². The molecule has 1 heterocycles. The van der Waals surface area contributed by atoms with Crippen LogP contribution in [0.1, 0.15) is 33.1 Å². The van der Waals surface area contributed by atoms with Gasteiger partial charge in [0.25, 0.3) is 0 Å². The lowest BCUT2D eigenvalue weighted by Gasteiger charge is -2.40. The van der Waals surface area contributed by atoms with E-state index in [1.807, 2.05) is 0 Å². The minimum Gasteiger partial charge on any atom is -0.296 e. The monoisotopic (exact) mass is 195 g/mol. The zero-order valence-electron chi connectivity index (χ0n) is 8.75. The summed E-state index contributed by atoms with van der Waals surface area (Å²) in [5.74, 6) is 1.80. The van der Waals surface area contributed by atoms with Crippen molar-refractivity contribution >= 4 is 11.8 Å². The van der Waals surface area contributed by atoms with E-state index in [2.05, 4.69) is 19.2 Å². The topological polar surface area (TPSA) is 46.2 Å². The number of hydrogen-bond acceptors (Lipinski definition) is 2. The van der Waals surface area contributed by atoms with Gasteiger partial charge in [0.15, 0.2) is 0 Å². The largest absolute Gasteiger partial charge is 0.296 e. The molecule has 0 radical (unpaired) electrons. The molecule has 1 N–H and O–H groups in total. The van der Waals surface area contributed by atoms with Gasteiger partial charge in [-0.1, -0.05) is 13.8 Å². The Balaban J connectivity index is 1.88. The standard InChI is InChI=1S/C11H17NO2/c1-6(2)7-3-8(4-7)9-5-10(13)12-11(9)14/h6-9H,3-5H2,1-2H3,(H,12,13,14). The molecule has 2 aliphatic rings. The van der Waals surface area contributed by atoms with Crippen molar-refractivity contribution in [3.63, 3.8) is 0 Å². The summed E-state index contributed by atoms with van der Waals surface area (Å²) in [6.45, 7) is 4.45. The van der Waals surface area contributed by atoms with Crippen LogP contribution in [0.4, 0.5) is 0 Å². The van der Waals surface area contributed by atoms with Crippen LogP contribution in [-0.4, -0.2) is 11.8 Å². The zero-order chi connectivity index (χ0) is 10.3. The minimum absolute atomic E-state index is 0.0162. The number of carbonyl (C=O) groups excluding carboxylic acids is 2. The van der Waals surface area contributed by atoms with Crippen LogP contribution < -0.4 is 5.32 Å². The van der Waals surface area contributed by atoms with E-state index in [9.17, 15) is 9.59 Å². The molecule has 0 aromatic rings. The van der Waals surface area contributed by atoms with Gasteiger partial charge in [-0.2, -0.15) is 0 Å². The van der Waals surface area contributed by atoms with Gasteiger partial charge in [0, 0.05) is 12.3 Å². The first-order chi connectivity index (χ1) is 6.58. The van der Waals surface area contributed by atoms with E-state index >= 15 is 0 Å². The molecule has 0 bridgehead atoms. The highest BCUT2D eigenvalue weighted by atomic mass is 16.2. The van der Waals surface area contributed by atoms with Gasteiger partial charge in [0.1, 0.15) is 0 Å². The van der Waals surface area contributed by atoms with E-state index in [0.717, 1.165) is 18.8 Å². The van der Waals surface area contributed by atoms with Crippen molar-refractivity contribution in [1.29, 1.82) is 0 Å². The third-order valence-electron chi connectivity index (χ3n) is 3.73. The molecule has 1 aliphatic carbocycles. The molecule has 0 spiro atoms. The van der Waals surface area contributed by atoms with E-state index < -0.39 is 0 Å². The number of imide groups is 1. The van der Waals surface area contributed by atoms with E-state index in [0.29, 0.717) is 18.3 Å². The smallest absolute Gasteiger partial charge is 0.230 e. The number of hydrogen-bond donors (Lipinski definition) is 1. The molecule has 78 valence electrons. The average molecular weight is 195 g/mol. The third-order valence-corrected chi connectivity index (χ3v) is 3.73. The van der Waals surface area contributed by atoms with E-state index in [-0.39, 0.29) is 17.7 Å². The average Bonchev–Trinajstić information content (AvgIpc) is 2.26. The molecule has 2 amide bonds. The Labute approximate surface area is 84.2 Å². The summed E-state index contributed by atoms with van der Waals surface area (Å²) in [6.07, 6.45) is 2.68. The Morgan fingerprint density at radius 3 is 2.36 bits per heavy atom. The van der Waals surface area contributed by atoms with Crippen molar-refractivity contribution in [2.75, 3.05) is 0 Å². The summed E-state index contributed by atoms with van der Waals surface area (Å²) < 4.78 is 0. The number of rotatable bonds is 2. The van der Waals surface area contributed by atoms with E-state index in [1.54, 1.807) is 0 Å². The summed E-state index contributed by atoms with van der Waals surface area (Å²) in [6, 6.07) is 0. The molecule has 3 heteroatoms. The molecular formula is C11H17NO2. The van der Waals surface area contributed by atoms with Gasteiger partial charge in [-0.3, -0.25) is 14.9 Å². The normalized spacial score (nSPS) is 37.2. The number of amides is 2. The van der Waals surface area contributed by atoms with Crippen molar-refractivity contribution in [2.45, 2.75) is 33.1 Å². The zero-order valence-corrected chi connectivity index (χ0v) is 8.75. The third kappa shape index (κ3) is 1.56. The Morgan fingerprint density at radius 1 is 1.29 bits per heavy atom. The van der Waals surface area contributed by atoms with Crippen molar-refractivity contribution in [3.05, 3.63) is 0 Å². The fourth-order valence-corrected chi connectivity index (χ4v) is 2.54. The van der Waals surface area contributed by atoms with Crippen molar-refractivity contribution in [1.82, 2.24) is 5.32 Å². The minimum atomic E-state index is -0.0898. The predicted octanol–water partition coefficient (Wildman–Crippen LogP) is 1.33. The Hall–Kier alpha value is -0.860. The Morgan fingerprint density at radius 2 is 1.93 bits per heavy atom. The van der Waals surface area contributed by atoms with Gasteiger partial charge in [0.05, 0.1) is 0 Å². The van der Waals surface area contributed by atoms with Crippen LogP contribution in [0.2, 0.25) is 0 Å². The highest BCUT2D eigenvalue weighted by Gasteiger charge is 2.43. The van der Waals surface area contributed by atoms with Gasteiger partial charge in [-0.05, 0) is 30.6 Å². The molecule has 0 aromatic heterocycles. The second-order valence-electron chi connectivity index (χ2n) is 4.96. The number of carbonyl (C=O) groups is 2. The maximum Gasteiger partial charge on any atom is 0.230 e. The van der Waals surface area contributed by atoms with Gasteiger partial charge in [-0.15, -0.1) is 0 Å². The Bertz CT molecular complexity index is 266. The lowest BCUT2D eigenvalue weighted by atomic mass is 9.64. The lowest BCUT2D eigenvalue weighted by Crippen LogP contribution is -2.36. The van der Waals surface area contributed by atoms with Gasteiger partial charge < -0.3 is 0 Å². The molecule has 14 heavy (non-hydrogen) atoms. The second-order valence-corrected chi connectivity index (χ2v) is 4.96. The van der Waals surface area contributed by atoms with Gasteiger partial charge >= 0.3 is 0 Å². The summed E-state index contributed by atoms with van der Waals surface area (Å²) in [7, 11) is 0. The molecule has 1 unspecified atom stereocenters. The molecule has 1 atom stereocenters. The van der Waals surface area contributed by atoms with E-state index in [1.165, 1.54) is 0 Å². The summed E-state index contributed by atoms with van der Waals surface area (Å²) >= 11 is 0. The Kier molecular flexibility index (Phi) is 2.33. The molecule has 1 aliphatic heterocycles. The maximum absolute atomic E-state index is 11.4. The predicted molar refractivity (Wildman–Crippen MR) is 52.3 cm³/mol. The van der Waals surface area contributed by atoms with Crippen molar-refractivity contribution in [3.8, 4) is 0 Å². The molecule has 0 aromatic carbocycles. The first-order valence-corrected chi connectivity index (χ1v) is 5.41. The van der Waals surface area contributed by atoms with E-state index in [4.69, 9.17) is 0 Å². The second kappa shape index (κ2) is 3.37. The fourth-order valence-electron chi connectivity index (χ4n) is 2.54. The summed E-state index contributed by atoms with van der Waals surface area (Å²) in [5.41, 5.74) is 0. The molecular weight excluding hydrogens is 178 g/mol. The molecule has 3 nitrogen and oxygen atoms in total. The molecule has 2 rings (SSSR count). The van der Waals surface area contributed by atoms with Crippen molar-refractivity contribution < 1.29 is 9.59 Å². The number of nitrogens with one attached hydrogen (secondary N) is 1. The van der Waals surface area contributed by atoms with Crippen LogP contribution in [0.3, 0.4) is 0 Å². The maximum atomic E-state index is 11.4. The first-order valence-electron chi connectivity index (χ1n) is 5.41. The molecule has 2 fully saturated rings. The van der Waals surface area contributed by atoms with Crippen LogP contribution in [0.25, 0.3) is 0 Å². The fraction of sp³-hybridized carbons (Fsp3) is 0.818. The quantitative estimate of drug-likeness (QED) is 0.676. The first kappa shape index (κ1) is 9.69. The SMILES string of the molecule is CC(C)C1CC(C2CC(=O)NC2=O)C1. The van der Waals surface area contributed by atoms with Gasteiger partial charge in [0.2, 0.25) is 11.8 Å². The van der Waals surface area contributed by atoms with Crippen LogP contribution in [0.5, 0.6) is 0 Å². The highest BCUT2D eigenvalue weighted by molar-refractivity contribution is 6.03. The highest BCUT2D eigenvalue weighted by Crippen LogP contribution is 2.44.